The molecule has 3 aromatic carbocycles. The number of benzene rings is 3. The molecule has 3 aromatic rings. The summed E-state index contributed by atoms with van der Waals surface area (Å²) in [6.45, 7) is 0. The molecule has 1 aliphatic heterocycles. The number of carbonyl (C=O) groups is 1. The lowest BCUT2D eigenvalue weighted by atomic mass is 9.85. The zero-order chi connectivity index (χ0) is 19.5. The van der Waals surface area contributed by atoms with Gasteiger partial charge in [-0.15, -0.1) is 0 Å². The number of nitro groups is 1. The third kappa shape index (κ3) is 3.18. The van der Waals surface area contributed by atoms with Gasteiger partial charge in [-0.1, -0.05) is 91.0 Å². The topological polar surface area (TPSA) is 69.4 Å². The van der Waals surface area contributed by atoms with E-state index in [1.807, 2.05) is 30.3 Å². The van der Waals surface area contributed by atoms with E-state index in [1.165, 1.54) is 0 Å². The van der Waals surface area contributed by atoms with Gasteiger partial charge in [0.2, 0.25) is 0 Å². The predicted molar refractivity (Wildman–Crippen MR) is 105 cm³/mol. The Bertz CT molecular complexity index is 1030. The minimum atomic E-state index is -1.36. The molecule has 5 nitrogen and oxygen atoms in total. The van der Waals surface area contributed by atoms with E-state index in [1.54, 1.807) is 60.7 Å². The van der Waals surface area contributed by atoms with Crippen molar-refractivity contribution in [3.63, 3.8) is 0 Å². The van der Waals surface area contributed by atoms with Gasteiger partial charge in [-0.3, -0.25) is 14.9 Å². The maximum atomic E-state index is 13.4. The molecule has 28 heavy (non-hydrogen) atoms. The Morgan fingerprint density at radius 3 is 1.93 bits per heavy atom. The van der Waals surface area contributed by atoms with Gasteiger partial charge in [-0.05, 0) is 5.56 Å². The fraction of sp³-hybridized carbons (Fsp3) is 0.0870. The van der Waals surface area contributed by atoms with Crippen molar-refractivity contribution in [3.05, 3.63) is 123 Å². The summed E-state index contributed by atoms with van der Waals surface area (Å²) < 4.78 is 5.79. The number of carbonyl (C=O) groups excluding carboxylic acids is 1. The van der Waals surface area contributed by atoms with Crippen LogP contribution in [-0.2, 0) is 4.74 Å². The number of ketones is 1. The van der Waals surface area contributed by atoms with Crippen molar-refractivity contribution in [2.45, 2.75) is 12.1 Å². The summed E-state index contributed by atoms with van der Waals surface area (Å²) in [5.74, 6) is -0.790. The lowest BCUT2D eigenvalue weighted by molar-refractivity contribution is -0.567. The van der Waals surface area contributed by atoms with E-state index in [9.17, 15) is 14.9 Å². The van der Waals surface area contributed by atoms with E-state index < -0.39 is 17.1 Å². The van der Waals surface area contributed by atoms with Crippen molar-refractivity contribution < 1.29 is 14.5 Å². The van der Waals surface area contributed by atoms with Gasteiger partial charge in [0.1, 0.15) is 11.7 Å². The number of Topliss-reactive ketones (excluding diaryl/α,β-unsaturated/α-hetero) is 1. The quantitative estimate of drug-likeness (QED) is 0.370. The Hall–Kier alpha value is -3.73. The van der Waals surface area contributed by atoms with Gasteiger partial charge in [0, 0.05) is 11.1 Å². The summed E-state index contributed by atoms with van der Waals surface area (Å²) in [7, 11) is 0. The van der Waals surface area contributed by atoms with Gasteiger partial charge in [-0.2, -0.15) is 0 Å². The van der Waals surface area contributed by atoms with E-state index in [-0.39, 0.29) is 11.5 Å². The smallest absolute Gasteiger partial charge is 0.365 e. The fourth-order valence-corrected chi connectivity index (χ4v) is 3.49. The van der Waals surface area contributed by atoms with Crippen LogP contribution in [0.1, 0.15) is 27.4 Å². The molecule has 0 aliphatic carbocycles. The van der Waals surface area contributed by atoms with E-state index in [4.69, 9.17) is 4.74 Å². The molecule has 2 atom stereocenters. The average molecular weight is 371 g/mol. The first-order valence-corrected chi connectivity index (χ1v) is 8.91. The van der Waals surface area contributed by atoms with Crippen LogP contribution in [0.4, 0.5) is 0 Å². The first kappa shape index (κ1) is 17.7. The molecule has 4 rings (SSSR count). The molecule has 0 amide bonds. The van der Waals surface area contributed by atoms with Gasteiger partial charge in [0.05, 0.1) is 10.5 Å². The van der Waals surface area contributed by atoms with Crippen molar-refractivity contribution in [2.75, 3.05) is 0 Å². The van der Waals surface area contributed by atoms with Crippen molar-refractivity contribution in [3.8, 4) is 0 Å². The molecule has 0 saturated carbocycles. The largest absolute Gasteiger partial charge is 0.428 e. The predicted octanol–water partition coefficient (Wildman–Crippen LogP) is 4.70. The van der Waals surface area contributed by atoms with Crippen LogP contribution in [0.3, 0.4) is 0 Å². The number of nitrogens with zero attached hydrogens (tertiary/aromatic N) is 1. The maximum Gasteiger partial charge on any atom is 0.365 e. The number of hydrogen-bond acceptors (Lipinski definition) is 4. The molecule has 0 N–H and O–H groups in total. The Morgan fingerprint density at radius 2 is 1.36 bits per heavy atom. The lowest BCUT2D eigenvalue weighted by Gasteiger charge is -2.15. The maximum absolute atomic E-state index is 13.4. The van der Waals surface area contributed by atoms with E-state index in [2.05, 4.69) is 0 Å². The van der Waals surface area contributed by atoms with E-state index in [0.29, 0.717) is 22.3 Å². The van der Waals surface area contributed by atoms with Crippen molar-refractivity contribution in [2.24, 2.45) is 0 Å². The van der Waals surface area contributed by atoms with Gasteiger partial charge >= 0.3 is 6.23 Å². The molecule has 1 heterocycles. The standard InChI is InChI=1S/C23H17NO4/c25-21(17-12-6-2-7-13-17)20-19(16-10-4-1-5-11-16)23(24(26)27)28-22(20)18-14-8-3-9-15-18/h1-15,19,23H. The molecule has 0 fully saturated rings. The highest BCUT2D eigenvalue weighted by Crippen LogP contribution is 2.44. The third-order valence-corrected chi connectivity index (χ3v) is 4.76. The van der Waals surface area contributed by atoms with Gasteiger partial charge in [0.25, 0.3) is 0 Å². The molecule has 5 heteroatoms. The van der Waals surface area contributed by atoms with Crippen molar-refractivity contribution >= 4 is 11.5 Å². The van der Waals surface area contributed by atoms with E-state index in [0.717, 1.165) is 0 Å². The first-order valence-electron chi connectivity index (χ1n) is 8.91. The Balaban J connectivity index is 1.93. The Kier molecular flexibility index (Phi) is 4.72. The molecular weight excluding hydrogens is 354 g/mol. The molecule has 1 aliphatic rings. The second-order valence-electron chi connectivity index (χ2n) is 6.49. The van der Waals surface area contributed by atoms with Crippen LogP contribution in [0.25, 0.3) is 5.76 Å². The van der Waals surface area contributed by atoms with Gasteiger partial charge in [0.15, 0.2) is 5.78 Å². The second-order valence-corrected chi connectivity index (χ2v) is 6.49. The van der Waals surface area contributed by atoms with Crippen LogP contribution in [-0.4, -0.2) is 16.9 Å². The molecule has 0 bridgehead atoms. The van der Waals surface area contributed by atoms with Crippen LogP contribution in [0, 0.1) is 10.1 Å². The molecule has 0 saturated heterocycles. The summed E-state index contributed by atoms with van der Waals surface area (Å²) in [6, 6.07) is 26.8. The minimum absolute atomic E-state index is 0.266. The van der Waals surface area contributed by atoms with Crippen LogP contribution in [0.5, 0.6) is 0 Å². The zero-order valence-corrected chi connectivity index (χ0v) is 14.9. The SMILES string of the molecule is O=C(C1=C(c2ccccc2)OC([N+](=O)[O-])C1c1ccccc1)c1ccccc1. The molecular formula is C23H17NO4. The highest BCUT2D eigenvalue weighted by atomic mass is 16.7. The lowest BCUT2D eigenvalue weighted by Crippen LogP contribution is -2.27. The number of hydrogen-bond donors (Lipinski definition) is 0. The molecule has 0 spiro atoms. The molecule has 2 unspecified atom stereocenters. The summed E-state index contributed by atoms with van der Waals surface area (Å²) >= 11 is 0. The minimum Gasteiger partial charge on any atom is -0.428 e. The molecule has 0 aromatic heterocycles. The van der Waals surface area contributed by atoms with Crippen LogP contribution in [0.2, 0.25) is 0 Å². The highest BCUT2D eigenvalue weighted by Gasteiger charge is 2.48. The molecule has 138 valence electrons. The van der Waals surface area contributed by atoms with Crippen molar-refractivity contribution in [1.29, 1.82) is 0 Å². The van der Waals surface area contributed by atoms with Crippen LogP contribution in [0.15, 0.2) is 96.6 Å². The number of rotatable bonds is 5. The first-order chi connectivity index (χ1) is 13.7. The summed E-state index contributed by atoms with van der Waals surface area (Å²) in [5.41, 5.74) is 2.10. The second kappa shape index (κ2) is 7.48. The van der Waals surface area contributed by atoms with Gasteiger partial charge < -0.3 is 4.74 Å². The summed E-state index contributed by atoms with van der Waals surface area (Å²) in [5, 5.41) is 11.8. The summed E-state index contributed by atoms with van der Waals surface area (Å²) in [6.07, 6.45) is -1.36. The van der Waals surface area contributed by atoms with Gasteiger partial charge in [-0.25, -0.2) is 0 Å². The monoisotopic (exact) mass is 371 g/mol. The number of ether oxygens (including phenoxy) is 1. The van der Waals surface area contributed by atoms with Crippen molar-refractivity contribution in [1.82, 2.24) is 0 Å². The Labute approximate surface area is 162 Å². The van der Waals surface area contributed by atoms with E-state index >= 15 is 0 Å². The van der Waals surface area contributed by atoms with Crippen LogP contribution < -0.4 is 0 Å². The fourth-order valence-electron chi connectivity index (χ4n) is 3.49. The molecule has 0 radical (unpaired) electrons. The zero-order valence-electron chi connectivity index (χ0n) is 14.9. The van der Waals surface area contributed by atoms with Crippen LogP contribution >= 0.6 is 0 Å². The third-order valence-electron chi connectivity index (χ3n) is 4.76. The average Bonchev–Trinajstić information content (AvgIpc) is 3.16. The Morgan fingerprint density at radius 1 is 0.821 bits per heavy atom. The summed E-state index contributed by atoms with van der Waals surface area (Å²) in [4.78, 5) is 24.8. The highest BCUT2D eigenvalue weighted by molar-refractivity contribution is 6.14. The normalized spacial score (nSPS) is 18.6.